The van der Waals surface area contributed by atoms with E-state index in [1.165, 1.54) is 10.9 Å². The van der Waals surface area contributed by atoms with Crippen LogP contribution in [0.4, 0.5) is 5.82 Å². The summed E-state index contributed by atoms with van der Waals surface area (Å²) in [5, 5.41) is 7.72. The van der Waals surface area contributed by atoms with Gasteiger partial charge in [0.05, 0.1) is 11.6 Å². The molecule has 102 valence electrons. The number of nitrogens with zero attached hydrogens (tertiary/aromatic N) is 1. The van der Waals surface area contributed by atoms with E-state index in [1.807, 2.05) is 32.2 Å². The van der Waals surface area contributed by atoms with E-state index >= 15 is 0 Å². The standard InChI is InChI=1S/C15H21N3O/c1-11(19-3)9-17-15-8-12(10-16-2)13-6-4-5-7-14(13)18-15/h4-8,11,16H,9-10H2,1-3H3,(H,17,18). The van der Waals surface area contributed by atoms with Gasteiger partial charge in [0.15, 0.2) is 0 Å². The highest BCUT2D eigenvalue weighted by atomic mass is 16.5. The summed E-state index contributed by atoms with van der Waals surface area (Å²) in [6.45, 7) is 3.61. The molecule has 2 rings (SSSR count). The lowest BCUT2D eigenvalue weighted by Crippen LogP contribution is -2.19. The molecule has 0 saturated carbocycles. The Labute approximate surface area is 114 Å². The van der Waals surface area contributed by atoms with Crippen LogP contribution in [-0.4, -0.2) is 31.8 Å². The fourth-order valence-corrected chi connectivity index (χ4v) is 2.01. The Morgan fingerprint density at radius 1 is 1.32 bits per heavy atom. The summed E-state index contributed by atoms with van der Waals surface area (Å²) in [5.74, 6) is 0.896. The van der Waals surface area contributed by atoms with Gasteiger partial charge in [-0.05, 0) is 31.7 Å². The van der Waals surface area contributed by atoms with Crippen LogP contribution in [0.3, 0.4) is 0 Å². The first-order chi connectivity index (χ1) is 9.24. The van der Waals surface area contributed by atoms with E-state index in [0.29, 0.717) is 0 Å². The molecule has 4 nitrogen and oxygen atoms in total. The fraction of sp³-hybridized carbons (Fsp3) is 0.400. The lowest BCUT2D eigenvalue weighted by atomic mass is 10.1. The number of pyridine rings is 1. The topological polar surface area (TPSA) is 46.2 Å². The minimum atomic E-state index is 0.168. The Hall–Kier alpha value is -1.65. The number of aromatic nitrogens is 1. The molecule has 0 fully saturated rings. The maximum Gasteiger partial charge on any atom is 0.127 e. The Bertz CT molecular complexity index is 542. The lowest BCUT2D eigenvalue weighted by Gasteiger charge is -2.13. The van der Waals surface area contributed by atoms with Crippen LogP contribution in [0.5, 0.6) is 0 Å². The van der Waals surface area contributed by atoms with Gasteiger partial charge in [-0.15, -0.1) is 0 Å². The molecule has 2 aromatic rings. The first-order valence-electron chi connectivity index (χ1n) is 6.54. The van der Waals surface area contributed by atoms with Crippen LogP contribution in [0.1, 0.15) is 12.5 Å². The minimum Gasteiger partial charge on any atom is -0.380 e. The van der Waals surface area contributed by atoms with Crippen molar-refractivity contribution in [1.29, 1.82) is 0 Å². The van der Waals surface area contributed by atoms with Crippen LogP contribution in [0.15, 0.2) is 30.3 Å². The first-order valence-corrected chi connectivity index (χ1v) is 6.54. The molecular formula is C15H21N3O. The van der Waals surface area contributed by atoms with Crippen molar-refractivity contribution in [3.63, 3.8) is 0 Å². The summed E-state index contributed by atoms with van der Waals surface area (Å²) in [4.78, 5) is 4.63. The number of anilines is 1. The molecule has 1 unspecified atom stereocenters. The Morgan fingerprint density at radius 2 is 2.11 bits per heavy atom. The van der Waals surface area contributed by atoms with Gasteiger partial charge in [0.2, 0.25) is 0 Å². The van der Waals surface area contributed by atoms with Gasteiger partial charge in [0.25, 0.3) is 0 Å². The van der Waals surface area contributed by atoms with E-state index in [4.69, 9.17) is 4.74 Å². The number of ether oxygens (including phenoxy) is 1. The molecule has 0 spiro atoms. The van der Waals surface area contributed by atoms with Crippen LogP contribution in [0.2, 0.25) is 0 Å². The highest BCUT2D eigenvalue weighted by Gasteiger charge is 2.06. The number of hydrogen-bond acceptors (Lipinski definition) is 4. The zero-order chi connectivity index (χ0) is 13.7. The number of rotatable bonds is 6. The predicted octanol–water partition coefficient (Wildman–Crippen LogP) is 2.40. The van der Waals surface area contributed by atoms with Crippen molar-refractivity contribution < 1.29 is 4.74 Å². The SMILES string of the molecule is CNCc1cc(NCC(C)OC)nc2ccccc12. The monoisotopic (exact) mass is 259 g/mol. The molecule has 0 amide bonds. The quantitative estimate of drug-likeness (QED) is 0.836. The van der Waals surface area contributed by atoms with E-state index in [1.54, 1.807) is 7.11 Å². The average Bonchev–Trinajstić information content (AvgIpc) is 2.45. The summed E-state index contributed by atoms with van der Waals surface area (Å²) >= 11 is 0. The number of benzene rings is 1. The van der Waals surface area contributed by atoms with E-state index in [9.17, 15) is 0 Å². The number of hydrogen-bond donors (Lipinski definition) is 2. The molecule has 0 radical (unpaired) electrons. The van der Waals surface area contributed by atoms with Gasteiger partial charge in [-0.1, -0.05) is 18.2 Å². The Balaban J connectivity index is 2.29. The van der Waals surface area contributed by atoms with Crippen LogP contribution in [0, 0.1) is 0 Å². The molecule has 1 atom stereocenters. The van der Waals surface area contributed by atoms with Crippen molar-refractivity contribution >= 4 is 16.7 Å². The van der Waals surface area contributed by atoms with E-state index in [0.717, 1.165) is 24.4 Å². The number of methoxy groups -OCH3 is 1. The lowest BCUT2D eigenvalue weighted by molar-refractivity contribution is 0.128. The molecule has 0 aliphatic rings. The van der Waals surface area contributed by atoms with Crippen LogP contribution in [0.25, 0.3) is 10.9 Å². The zero-order valence-electron chi connectivity index (χ0n) is 11.7. The summed E-state index contributed by atoms with van der Waals surface area (Å²) in [6.07, 6.45) is 0.168. The highest BCUT2D eigenvalue weighted by molar-refractivity contribution is 5.84. The summed E-state index contributed by atoms with van der Waals surface area (Å²) in [6, 6.07) is 10.3. The summed E-state index contributed by atoms with van der Waals surface area (Å²) in [5.41, 5.74) is 2.27. The van der Waals surface area contributed by atoms with Crippen molar-refractivity contribution in [2.45, 2.75) is 19.6 Å². The highest BCUT2D eigenvalue weighted by Crippen LogP contribution is 2.20. The second-order valence-electron chi connectivity index (χ2n) is 4.64. The van der Waals surface area contributed by atoms with Gasteiger partial charge in [-0.25, -0.2) is 4.98 Å². The number of fused-ring (bicyclic) bond motifs is 1. The Morgan fingerprint density at radius 3 is 2.84 bits per heavy atom. The summed E-state index contributed by atoms with van der Waals surface area (Å²) < 4.78 is 5.23. The van der Waals surface area contributed by atoms with Crippen LogP contribution in [-0.2, 0) is 11.3 Å². The maximum atomic E-state index is 5.23. The van der Waals surface area contributed by atoms with Crippen molar-refractivity contribution in [3.8, 4) is 0 Å². The van der Waals surface area contributed by atoms with Gasteiger partial charge < -0.3 is 15.4 Å². The zero-order valence-corrected chi connectivity index (χ0v) is 11.7. The largest absolute Gasteiger partial charge is 0.380 e. The molecule has 4 heteroatoms. The van der Waals surface area contributed by atoms with Crippen LogP contribution >= 0.6 is 0 Å². The van der Waals surface area contributed by atoms with E-state index in [-0.39, 0.29) is 6.10 Å². The van der Waals surface area contributed by atoms with Gasteiger partial charge in [0.1, 0.15) is 5.82 Å². The van der Waals surface area contributed by atoms with Gasteiger partial charge >= 0.3 is 0 Å². The first kappa shape index (κ1) is 13.8. The van der Waals surface area contributed by atoms with Gasteiger partial charge in [-0.3, -0.25) is 0 Å². The molecule has 1 heterocycles. The minimum absolute atomic E-state index is 0.168. The molecule has 0 bridgehead atoms. The molecule has 1 aromatic heterocycles. The molecule has 0 aliphatic carbocycles. The third kappa shape index (κ3) is 3.43. The smallest absolute Gasteiger partial charge is 0.127 e. The third-order valence-corrected chi connectivity index (χ3v) is 3.14. The number of para-hydroxylation sites is 1. The van der Waals surface area contributed by atoms with Crippen molar-refractivity contribution in [2.24, 2.45) is 0 Å². The molecule has 2 N–H and O–H groups in total. The maximum absolute atomic E-state index is 5.23. The third-order valence-electron chi connectivity index (χ3n) is 3.14. The van der Waals surface area contributed by atoms with Gasteiger partial charge in [-0.2, -0.15) is 0 Å². The van der Waals surface area contributed by atoms with E-state index in [2.05, 4.69) is 27.8 Å². The fourth-order valence-electron chi connectivity index (χ4n) is 2.01. The van der Waals surface area contributed by atoms with E-state index < -0.39 is 0 Å². The van der Waals surface area contributed by atoms with Gasteiger partial charge in [0, 0.05) is 25.6 Å². The van der Waals surface area contributed by atoms with Crippen molar-refractivity contribution in [3.05, 3.63) is 35.9 Å². The molecular weight excluding hydrogens is 238 g/mol. The second kappa shape index (κ2) is 6.50. The average molecular weight is 259 g/mol. The number of nitrogens with one attached hydrogen (secondary N) is 2. The predicted molar refractivity (Wildman–Crippen MR) is 79.5 cm³/mol. The molecule has 0 aliphatic heterocycles. The molecule has 1 aromatic carbocycles. The van der Waals surface area contributed by atoms with Crippen LogP contribution < -0.4 is 10.6 Å². The van der Waals surface area contributed by atoms with Crippen molar-refractivity contribution in [2.75, 3.05) is 26.0 Å². The Kier molecular flexibility index (Phi) is 4.71. The molecule has 0 saturated heterocycles. The summed E-state index contributed by atoms with van der Waals surface area (Å²) in [7, 11) is 3.67. The molecule has 19 heavy (non-hydrogen) atoms. The normalized spacial score (nSPS) is 12.6. The van der Waals surface area contributed by atoms with Crippen molar-refractivity contribution in [1.82, 2.24) is 10.3 Å². The second-order valence-corrected chi connectivity index (χ2v) is 4.64.